The Balaban J connectivity index is 1.60. The molecule has 1 fully saturated rings. The molecule has 0 aliphatic heterocycles. The average molecular weight is 365 g/mol. The van der Waals surface area contributed by atoms with Gasteiger partial charge in [0.25, 0.3) is 0 Å². The zero-order valence-electron chi connectivity index (χ0n) is 14.1. The maximum absolute atomic E-state index is 14.3. The topological polar surface area (TPSA) is 57.8 Å². The van der Waals surface area contributed by atoms with E-state index in [-0.39, 0.29) is 17.6 Å². The molecule has 5 rings (SSSR count). The van der Waals surface area contributed by atoms with Crippen LogP contribution >= 0.6 is 11.3 Å². The number of aromatic nitrogens is 2. The number of amides is 1. The molecule has 0 unspecified atom stereocenters. The van der Waals surface area contributed by atoms with Crippen molar-refractivity contribution in [2.24, 2.45) is 5.92 Å². The Morgan fingerprint density at radius 2 is 2.15 bits per heavy atom. The fourth-order valence-electron chi connectivity index (χ4n) is 3.33. The van der Waals surface area contributed by atoms with Gasteiger partial charge in [-0.05, 0) is 60.7 Å². The van der Waals surface area contributed by atoms with Gasteiger partial charge in [-0.3, -0.25) is 4.79 Å². The van der Waals surface area contributed by atoms with Crippen LogP contribution in [0.2, 0.25) is 0 Å². The first-order valence-electron chi connectivity index (χ1n) is 8.58. The lowest BCUT2D eigenvalue weighted by Gasteiger charge is -2.09. The first-order chi connectivity index (χ1) is 12.6. The standard InChI is InChI=1S/C20H16FN3OS/c1-10-14(21)9-16-13(6-7-22-16)18(10)12-4-5-15-17(8-12)26-20(23-15)24-19(25)11-2-3-11/h4-9,11,22H,2-3H2,1H3,(H,23,24,25). The number of anilines is 1. The average Bonchev–Trinajstić information content (AvgIpc) is 3.25. The fraction of sp³-hybridized carbons (Fsp3) is 0.200. The van der Waals surface area contributed by atoms with Gasteiger partial charge in [0.05, 0.1) is 10.2 Å². The van der Waals surface area contributed by atoms with Crippen molar-refractivity contribution in [2.75, 3.05) is 5.32 Å². The Morgan fingerprint density at radius 3 is 2.96 bits per heavy atom. The second-order valence-electron chi connectivity index (χ2n) is 6.76. The number of halogens is 1. The van der Waals surface area contributed by atoms with Crippen LogP contribution in [0.25, 0.3) is 32.2 Å². The zero-order valence-corrected chi connectivity index (χ0v) is 14.9. The van der Waals surface area contributed by atoms with Gasteiger partial charge in [0.1, 0.15) is 5.82 Å². The Kier molecular flexibility index (Phi) is 3.37. The van der Waals surface area contributed by atoms with E-state index in [1.54, 1.807) is 6.92 Å². The molecular formula is C20H16FN3OS. The fourth-order valence-corrected chi connectivity index (χ4v) is 4.24. The summed E-state index contributed by atoms with van der Waals surface area (Å²) in [4.78, 5) is 19.5. The van der Waals surface area contributed by atoms with Crippen molar-refractivity contribution in [3.8, 4) is 11.1 Å². The summed E-state index contributed by atoms with van der Waals surface area (Å²) in [5.74, 6) is -0.0228. The van der Waals surface area contributed by atoms with Crippen LogP contribution in [0.3, 0.4) is 0 Å². The molecule has 0 saturated heterocycles. The Morgan fingerprint density at radius 1 is 1.31 bits per heavy atom. The van der Waals surface area contributed by atoms with Crippen LogP contribution in [-0.2, 0) is 4.79 Å². The minimum Gasteiger partial charge on any atom is -0.361 e. The summed E-state index contributed by atoms with van der Waals surface area (Å²) in [6.07, 6.45) is 3.75. The highest BCUT2D eigenvalue weighted by molar-refractivity contribution is 7.22. The first-order valence-corrected chi connectivity index (χ1v) is 9.40. The molecule has 2 heterocycles. The number of hydrogen-bond donors (Lipinski definition) is 2. The number of thiazole rings is 1. The highest BCUT2D eigenvalue weighted by Gasteiger charge is 2.30. The molecule has 4 aromatic rings. The van der Waals surface area contributed by atoms with Gasteiger partial charge in [0.15, 0.2) is 5.13 Å². The van der Waals surface area contributed by atoms with Gasteiger partial charge in [-0.15, -0.1) is 0 Å². The molecule has 6 heteroatoms. The molecular weight excluding hydrogens is 349 g/mol. The first kappa shape index (κ1) is 15.5. The highest BCUT2D eigenvalue weighted by atomic mass is 32.1. The quantitative estimate of drug-likeness (QED) is 0.521. The smallest absolute Gasteiger partial charge is 0.229 e. The number of aromatic amines is 1. The number of benzene rings is 2. The van der Waals surface area contributed by atoms with Crippen molar-refractivity contribution in [3.05, 3.63) is 47.9 Å². The lowest BCUT2D eigenvalue weighted by Crippen LogP contribution is -2.12. The van der Waals surface area contributed by atoms with Crippen LogP contribution in [0.15, 0.2) is 36.5 Å². The molecule has 0 atom stereocenters. The number of carbonyl (C=O) groups is 1. The van der Waals surface area contributed by atoms with E-state index in [1.807, 2.05) is 30.5 Å². The van der Waals surface area contributed by atoms with Crippen LogP contribution in [0, 0.1) is 18.7 Å². The SMILES string of the molecule is Cc1c(F)cc2[nH]ccc2c1-c1ccc2nc(NC(=O)C3CC3)sc2c1. The summed E-state index contributed by atoms with van der Waals surface area (Å²) in [6.45, 7) is 1.80. The molecule has 130 valence electrons. The van der Waals surface area contributed by atoms with Gasteiger partial charge in [0.2, 0.25) is 5.91 Å². The van der Waals surface area contributed by atoms with Gasteiger partial charge in [-0.2, -0.15) is 0 Å². The predicted octanol–water partition coefficient (Wildman–Crippen LogP) is 5.24. The summed E-state index contributed by atoms with van der Waals surface area (Å²) in [5, 5.41) is 4.52. The van der Waals surface area contributed by atoms with Crippen molar-refractivity contribution >= 4 is 43.5 Å². The van der Waals surface area contributed by atoms with Crippen molar-refractivity contribution < 1.29 is 9.18 Å². The van der Waals surface area contributed by atoms with Gasteiger partial charge in [0, 0.05) is 23.0 Å². The lowest BCUT2D eigenvalue weighted by atomic mass is 9.96. The molecule has 4 nitrogen and oxygen atoms in total. The van der Waals surface area contributed by atoms with Crippen LogP contribution in [0.4, 0.5) is 9.52 Å². The van der Waals surface area contributed by atoms with Crippen LogP contribution < -0.4 is 5.32 Å². The van der Waals surface area contributed by atoms with Crippen LogP contribution in [-0.4, -0.2) is 15.9 Å². The Bertz CT molecular complexity index is 1170. The van der Waals surface area contributed by atoms with Crippen molar-refractivity contribution in [3.63, 3.8) is 0 Å². The third-order valence-electron chi connectivity index (χ3n) is 4.91. The summed E-state index contributed by atoms with van der Waals surface area (Å²) < 4.78 is 15.3. The van der Waals surface area contributed by atoms with E-state index >= 15 is 0 Å². The number of nitrogens with zero attached hydrogens (tertiary/aromatic N) is 1. The van der Waals surface area contributed by atoms with E-state index in [4.69, 9.17) is 0 Å². The third kappa shape index (κ3) is 2.49. The summed E-state index contributed by atoms with van der Waals surface area (Å²) in [7, 11) is 0. The van der Waals surface area contributed by atoms with Crippen molar-refractivity contribution in [2.45, 2.75) is 19.8 Å². The molecule has 0 spiro atoms. The number of rotatable bonds is 3. The molecule has 2 aromatic heterocycles. The molecule has 2 N–H and O–H groups in total. The zero-order chi connectivity index (χ0) is 17.8. The molecule has 26 heavy (non-hydrogen) atoms. The number of fused-ring (bicyclic) bond motifs is 2. The molecule has 2 aromatic carbocycles. The molecule has 1 aliphatic rings. The van der Waals surface area contributed by atoms with Crippen molar-refractivity contribution in [1.29, 1.82) is 0 Å². The molecule has 1 aliphatic carbocycles. The van der Waals surface area contributed by atoms with E-state index in [9.17, 15) is 9.18 Å². The number of carbonyl (C=O) groups excluding carboxylic acids is 1. The number of nitrogens with one attached hydrogen (secondary N) is 2. The van der Waals surface area contributed by atoms with E-state index in [1.165, 1.54) is 17.4 Å². The third-order valence-corrected chi connectivity index (χ3v) is 5.84. The normalized spacial score (nSPS) is 14.2. The van der Waals surface area contributed by atoms with E-state index in [0.717, 1.165) is 45.1 Å². The van der Waals surface area contributed by atoms with Crippen LogP contribution in [0.5, 0.6) is 0 Å². The minimum atomic E-state index is -0.225. The van der Waals surface area contributed by atoms with Gasteiger partial charge >= 0.3 is 0 Å². The minimum absolute atomic E-state index is 0.0549. The molecule has 0 radical (unpaired) electrons. The second kappa shape index (κ2) is 5.64. The molecule has 0 bridgehead atoms. The Hall–Kier alpha value is -2.73. The molecule has 1 amide bonds. The molecule has 1 saturated carbocycles. The largest absolute Gasteiger partial charge is 0.361 e. The summed E-state index contributed by atoms with van der Waals surface area (Å²) >= 11 is 1.45. The maximum atomic E-state index is 14.3. The van der Waals surface area contributed by atoms with Gasteiger partial charge in [-0.1, -0.05) is 17.4 Å². The second-order valence-corrected chi connectivity index (χ2v) is 7.79. The summed E-state index contributed by atoms with van der Waals surface area (Å²) in [5.41, 5.74) is 4.08. The lowest BCUT2D eigenvalue weighted by molar-refractivity contribution is -0.117. The Labute approximate surface area is 153 Å². The monoisotopic (exact) mass is 365 g/mol. The number of H-pyrrole nitrogens is 1. The number of hydrogen-bond acceptors (Lipinski definition) is 3. The van der Waals surface area contributed by atoms with E-state index in [2.05, 4.69) is 15.3 Å². The maximum Gasteiger partial charge on any atom is 0.229 e. The van der Waals surface area contributed by atoms with Gasteiger partial charge in [-0.25, -0.2) is 9.37 Å². The van der Waals surface area contributed by atoms with Gasteiger partial charge < -0.3 is 10.3 Å². The predicted molar refractivity (Wildman–Crippen MR) is 103 cm³/mol. The highest BCUT2D eigenvalue weighted by Crippen LogP contribution is 2.37. The van der Waals surface area contributed by atoms with E-state index < -0.39 is 0 Å². The summed E-state index contributed by atoms with van der Waals surface area (Å²) in [6, 6.07) is 9.41. The van der Waals surface area contributed by atoms with E-state index in [0.29, 0.717) is 10.7 Å². The van der Waals surface area contributed by atoms with Crippen molar-refractivity contribution in [1.82, 2.24) is 9.97 Å². The van der Waals surface area contributed by atoms with Crippen LogP contribution in [0.1, 0.15) is 18.4 Å².